The Morgan fingerprint density at radius 3 is 3.00 bits per heavy atom. The lowest BCUT2D eigenvalue weighted by atomic mass is 10.3. The Morgan fingerprint density at radius 1 is 1.44 bits per heavy atom. The molecule has 0 aliphatic rings. The van der Waals surface area contributed by atoms with Gasteiger partial charge in [0.15, 0.2) is 4.77 Å². The van der Waals surface area contributed by atoms with E-state index in [1.165, 1.54) is 22.7 Å². The molecule has 0 spiro atoms. The first-order valence-corrected chi connectivity index (χ1v) is 7.46. The molecule has 0 saturated heterocycles. The second-order valence-corrected chi connectivity index (χ2v) is 6.04. The maximum absolute atomic E-state index is 12.4. The molecular formula is C11H9N3OS3. The Labute approximate surface area is 116 Å². The summed E-state index contributed by atoms with van der Waals surface area (Å²) in [6, 6.07) is 1.73. The molecule has 18 heavy (non-hydrogen) atoms. The van der Waals surface area contributed by atoms with Gasteiger partial charge in [0.25, 0.3) is 5.56 Å². The van der Waals surface area contributed by atoms with Crippen molar-refractivity contribution in [2.45, 2.75) is 13.0 Å². The van der Waals surface area contributed by atoms with E-state index in [1.54, 1.807) is 10.8 Å². The molecule has 0 radical (unpaired) electrons. The zero-order valence-electron chi connectivity index (χ0n) is 9.41. The van der Waals surface area contributed by atoms with Gasteiger partial charge >= 0.3 is 0 Å². The molecule has 0 aliphatic carbocycles. The van der Waals surface area contributed by atoms with Crippen molar-refractivity contribution in [3.8, 4) is 0 Å². The summed E-state index contributed by atoms with van der Waals surface area (Å²) < 4.78 is 2.73. The molecule has 7 heteroatoms. The molecule has 0 bridgehead atoms. The van der Waals surface area contributed by atoms with E-state index in [1.807, 2.05) is 23.8 Å². The third-order valence-electron chi connectivity index (χ3n) is 2.73. The largest absolute Gasteiger partial charge is 0.331 e. The number of H-pyrrole nitrogens is 1. The van der Waals surface area contributed by atoms with E-state index in [0.717, 1.165) is 10.5 Å². The van der Waals surface area contributed by atoms with Crippen molar-refractivity contribution < 1.29 is 0 Å². The van der Waals surface area contributed by atoms with Crippen LogP contribution in [0.5, 0.6) is 0 Å². The van der Waals surface area contributed by atoms with Gasteiger partial charge in [0.1, 0.15) is 9.71 Å². The highest BCUT2D eigenvalue weighted by molar-refractivity contribution is 7.71. The van der Waals surface area contributed by atoms with Gasteiger partial charge in [0, 0.05) is 11.6 Å². The average Bonchev–Trinajstić information content (AvgIpc) is 2.98. The van der Waals surface area contributed by atoms with E-state index in [-0.39, 0.29) is 11.6 Å². The van der Waals surface area contributed by atoms with Crippen LogP contribution < -0.4 is 5.56 Å². The number of hydrogen-bond donors (Lipinski definition) is 1. The third kappa shape index (κ3) is 1.75. The zero-order chi connectivity index (χ0) is 12.7. The van der Waals surface area contributed by atoms with E-state index < -0.39 is 0 Å². The smallest absolute Gasteiger partial charge is 0.272 e. The third-order valence-corrected chi connectivity index (χ3v) is 4.88. The first kappa shape index (κ1) is 11.8. The number of rotatable bonds is 2. The Hall–Kier alpha value is -1.31. The zero-order valence-corrected chi connectivity index (χ0v) is 11.9. The highest BCUT2D eigenvalue weighted by Gasteiger charge is 2.15. The molecule has 3 rings (SSSR count). The predicted octanol–water partition coefficient (Wildman–Crippen LogP) is 3.19. The normalized spacial score (nSPS) is 12.9. The van der Waals surface area contributed by atoms with Crippen molar-refractivity contribution in [1.29, 1.82) is 0 Å². The van der Waals surface area contributed by atoms with Gasteiger partial charge in [-0.1, -0.05) is 0 Å². The number of hydrogen-bond acceptors (Lipinski definition) is 5. The number of aromatic nitrogens is 3. The van der Waals surface area contributed by atoms with Crippen LogP contribution >= 0.6 is 34.9 Å². The van der Waals surface area contributed by atoms with Crippen molar-refractivity contribution in [2.24, 2.45) is 0 Å². The van der Waals surface area contributed by atoms with Gasteiger partial charge in [-0.2, -0.15) is 0 Å². The first-order chi connectivity index (χ1) is 8.68. The fraction of sp³-hybridized carbons (Fsp3) is 0.182. The Bertz CT molecular complexity index is 797. The fourth-order valence-corrected chi connectivity index (χ4v) is 3.67. The predicted molar refractivity (Wildman–Crippen MR) is 77.2 cm³/mol. The standard InChI is InChI=1S/C11H9N3OS3/c1-6(9-12-3-5-18-9)14-10(15)8-7(2-4-17-8)13-11(14)16/h2-6H,1H3,(H,13,16). The lowest BCUT2D eigenvalue weighted by molar-refractivity contribution is 0.597. The van der Waals surface area contributed by atoms with Gasteiger partial charge in [-0.3, -0.25) is 9.36 Å². The van der Waals surface area contributed by atoms with E-state index in [0.29, 0.717) is 9.47 Å². The van der Waals surface area contributed by atoms with E-state index in [4.69, 9.17) is 12.2 Å². The van der Waals surface area contributed by atoms with Crippen LogP contribution in [0.4, 0.5) is 0 Å². The molecule has 3 heterocycles. The lowest BCUT2D eigenvalue weighted by Crippen LogP contribution is -2.25. The molecule has 3 aromatic heterocycles. The summed E-state index contributed by atoms with van der Waals surface area (Å²) in [5.74, 6) is 0. The summed E-state index contributed by atoms with van der Waals surface area (Å²) in [7, 11) is 0. The summed E-state index contributed by atoms with van der Waals surface area (Å²) in [5, 5.41) is 4.66. The van der Waals surface area contributed by atoms with E-state index >= 15 is 0 Å². The molecule has 0 saturated carbocycles. The number of fused-ring (bicyclic) bond motifs is 1. The first-order valence-electron chi connectivity index (χ1n) is 5.30. The van der Waals surface area contributed by atoms with Gasteiger partial charge in [-0.05, 0) is 30.6 Å². The summed E-state index contributed by atoms with van der Waals surface area (Å²) in [5.41, 5.74) is 0.754. The van der Waals surface area contributed by atoms with Crippen molar-refractivity contribution >= 4 is 45.1 Å². The SMILES string of the molecule is CC(c1nccs1)n1c(=S)[nH]c2ccsc2c1=O. The molecular weight excluding hydrogens is 286 g/mol. The summed E-state index contributed by atoms with van der Waals surface area (Å²) in [6.07, 6.45) is 1.73. The minimum Gasteiger partial charge on any atom is -0.331 e. The molecule has 0 amide bonds. The van der Waals surface area contributed by atoms with Crippen LogP contribution in [0, 0.1) is 4.77 Å². The Morgan fingerprint density at radius 2 is 2.28 bits per heavy atom. The van der Waals surface area contributed by atoms with Gasteiger partial charge in [-0.15, -0.1) is 22.7 Å². The Balaban J connectivity index is 2.29. The molecule has 0 aliphatic heterocycles. The second-order valence-electron chi connectivity index (χ2n) is 3.82. The number of aromatic amines is 1. The quantitative estimate of drug-likeness (QED) is 0.739. The molecule has 0 fully saturated rings. The number of thiophene rings is 1. The van der Waals surface area contributed by atoms with Crippen molar-refractivity contribution in [2.75, 3.05) is 0 Å². The molecule has 0 aromatic carbocycles. The van der Waals surface area contributed by atoms with Crippen molar-refractivity contribution in [3.05, 3.63) is 43.2 Å². The van der Waals surface area contributed by atoms with Crippen LogP contribution in [-0.4, -0.2) is 14.5 Å². The van der Waals surface area contributed by atoms with Crippen LogP contribution in [0.1, 0.15) is 18.0 Å². The summed E-state index contributed by atoms with van der Waals surface area (Å²) in [6.45, 7) is 1.93. The van der Waals surface area contributed by atoms with Crippen LogP contribution in [-0.2, 0) is 0 Å². The second kappa shape index (κ2) is 4.42. The molecule has 1 unspecified atom stereocenters. The summed E-state index contributed by atoms with van der Waals surface area (Å²) >= 11 is 8.22. The Kier molecular flexibility index (Phi) is 2.89. The number of nitrogens with one attached hydrogen (secondary N) is 1. The molecule has 1 atom stereocenters. The highest BCUT2D eigenvalue weighted by atomic mass is 32.1. The maximum Gasteiger partial charge on any atom is 0.272 e. The topological polar surface area (TPSA) is 50.7 Å². The van der Waals surface area contributed by atoms with Crippen LogP contribution in [0.25, 0.3) is 10.2 Å². The highest BCUT2D eigenvalue weighted by Crippen LogP contribution is 2.21. The molecule has 3 aromatic rings. The number of nitrogens with zero attached hydrogens (tertiary/aromatic N) is 2. The minimum atomic E-state index is -0.146. The molecule has 1 N–H and O–H groups in total. The van der Waals surface area contributed by atoms with Gasteiger partial charge in [0.05, 0.1) is 11.6 Å². The molecule has 4 nitrogen and oxygen atoms in total. The summed E-state index contributed by atoms with van der Waals surface area (Å²) in [4.78, 5) is 19.7. The van der Waals surface area contributed by atoms with Crippen LogP contribution in [0.15, 0.2) is 27.8 Å². The van der Waals surface area contributed by atoms with Crippen LogP contribution in [0.2, 0.25) is 0 Å². The fourth-order valence-electron chi connectivity index (χ4n) is 1.85. The van der Waals surface area contributed by atoms with Crippen molar-refractivity contribution in [3.63, 3.8) is 0 Å². The number of thiazole rings is 1. The average molecular weight is 295 g/mol. The van der Waals surface area contributed by atoms with E-state index in [2.05, 4.69) is 9.97 Å². The van der Waals surface area contributed by atoms with E-state index in [9.17, 15) is 4.79 Å². The molecule has 92 valence electrons. The van der Waals surface area contributed by atoms with Gasteiger partial charge in [0.2, 0.25) is 0 Å². The monoisotopic (exact) mass is 295 g/mol. The lowest BCUT2D eigenvalue weighted by Gasteiger charge is -2.12. The van der Waals surface area contributed by atoms with Crippen LogP contribution in [0.3, 0.4) is 0 Å². The minimum absolute atomic E-state index is 0.0496. The van der Waals surface area contributed by atoms with Gasteiger partial charge in [-0.25, -0.2) is 4.98 Å². The van der Waals surface area contributed by atoms with Crippen molar-refractivity contribution in [1.82, 2.24) is 14.5 Å². The maximum atomic E-state index is 12.4. The van der Waals surface area contributed by atoms with Gasteiger partial charge < -0.3 is 4.98 Å².